The van der Waals surface area contributed by atoms with Gasteiger partial charge in [-0.25, -0.2) is 0 Å². The summed E-state index contributed by atoms with van der Waals surface area (Å²) in [5.41, 5.74) is 0. The molecule has 0 aromatic carbocycles. The number of halogens is 1. The molecule has 68 valence electrons. The number of carbonyl (C=O) groups excluding carboxylic acids is 1. The molecule has 1 aliphatic heterocycles. The molecule has 1 unspecified atom stereocenters. The molecule has 0 N–H and O–H groups in total. The number of piperidine rings is 1. The van der Waals surface area contributed by atoms with Gasteiger partial charge >= 0.3 is 0 Å². The Morgan fingerprint density at radius 1 is 1.42 bits per heavy atom. The van der Waals surface area contributed by atoms with E-state index >= 15 is 0 Å². The van der Waals surface area contributed by atoms with E-state index in [0.717, 1.165) is 24.7 Å². The lowest BCUT2D eigenvalue weighted by Crippen LogP contribution is -2.41. The van der Waals surface area contributed by atoms with Crippen molar-refractivity contribution in [3.63, 3.8) is 0 Å². The molecule has 1 heterocycles. The van der Waals surface area contributed by atoms with Crippen molar-refractivity contribution in [2.45, 2.75) is 31.7 Å². The van der Waals surface area contributed by atoms with E-state index in [-0.39, 0.29) is 0 Å². The standard InChI is InChI=1S/C9H14BrNO/c10-5-7-1-4-9(12)11(6-7)8-2-3-8/h7-8H,1-6H2. The molecular formula is C9H14BrNO. The van der Waals surface area contributed by atoms with E-state index < -0.39 is 0 Å². The van der Waals surface area contributed by atoms with Crippen LogP contribution in [0.3, 0.4) is 0 Å². The van der Waals surface area contributed by atoms with Crippen molar-refractivity contribution < 1.29 is 4.79 Å². The molecule has 2 rings (SSSR count). The van der Waals surface area contributed by atoms with Crippen LogP contribution in [-0.2, 0) is 4.79 Å². The zero-order valence-corrected chi connectivity index (χ0v) is 8.72. The first kappa shape index (κ1) is 8.54. The maximum atomic E-state index is 11.4. The van der Waals surface area contributed by atoms with Crippen LogP contribution in [0, 0.1) is 5.92 Å². The van der Waals surface area contributed by atoms with Crippen molar-refractivity contribution in [2.75, 3.05) is 11.9 Å². The Labute approximate surface area is 81.4 Å². The molecule has 1 atom stereocenters. The van der Waals surface area contributed by atoms with Crippen LogP contribution in [0.2, 0.25) is 0 Å². The van der Waals surface area contributed by atoms with Crippen LogP contribution in [0.4, 0.5) is 0 Å². The first-order valence-corrected chi connectivity index (χ1v) is 5.79. The van der Waals surface area contributed by atoms with E-state index in [1.54, 1.807) is 0 Å². The van der Waals surface area contributed by atoms with Gasteiger partial charge in [-0.2, -0.15) is 0 Å². The Bertz CT molecular complexity index is 191. The number of rotatable bonds is 2. The van der Waals surface area contributed by atoms with Gasteiger partial charge in [0.05, 0.1) is 0 Å². The summed E-state index contributed by atoms with van der Waals surface area (Å²) in [5, 5.41) is 1.05. The predicted octanol–water partition coefficient (Wildman–Crippen LogP) is 1.78. The first-order chi connectivity index (χ1) is 5.81. The molecule has 1 amide bonds. The highest BCUT2D eigenvalue weighted by molar-refractivity contribution is 9.09. The molecule has 0 bridgehead atoms. The lowest BCUT2D eigenvalue weighted by atomic mass is 9.99. The summed E-state index contributed by atoms with van der Waals surface area (Å²) in [6, 6.07) is 0.611. The first-order valence-electron chi connectivity index (χ1n) is 4.66. The number of hydrogen-bond acceptors (Lipinski definition) is 1. The maximum Gasteiger partial charge on any atom is 0.222 e. The molecular weight excluding hydrogens is 218 g/mol. The zero-order chi connectivity index (χ0) is 8.55. The largest absolute Gasteiger partial charge is 0.339 e. The Kier molecular flexibility index (Phi) is 2.40. The van der Waals surface area contributed by atoms with Crippen molar-refractivity contribution in [1.82, 2.24) is 4.90 Å². The Balaban J connectivity index is 1.94. The summed E-state index contributed by atoms with van der Waals surface area (Å²) in [6.45, 7) is 0.995. The van der Waals surface area contributed by atoms with Crippen LogP contribution in [0.15, 0.2) is 0 Å². The third-order valence-corrected chi connectivity index (χ3v) is 3.66. The highest BCUT2D eigenvalue weighted by Crippen LogP contribution is 2.31. The van der Waals surface area contributed by atoms with Gasteiger partial charge in [0.15, 0.2) is 0 Å². The third-order valence-electron chi connectivity index (χ3n) is 2.75. The van der Waals surface area contributed by atoms with Gasteiger partial charge in [0.2, 0.25) is 5.91 Å². The summed E-state index contributed by atoms with van der Waals surface area (Å²) < 4.78 is 0. The molecule has 3 heteroatoms. The van der Waals surface area contributed by atoms with Crippen LogP contribution in [0.1, 0.15) is 25.7 Å². The van der Waals surface area contributed by atoms with E-state index in [1.807, 2.05) is 0 Å². The molecule has 2 nitrogen and oxygen atoms in total. The van der Waals surface area contributed by atoms with E-state index in [4.69, 9.17) is 0 Å². The third kappa shape index (κ3) is 1.65. The van der Waals surface area contributed by atoms with Crippen molar-refractivity contribution in [3.05, 3.63) is 0 Å². The second kappa shape index (κ2) is 3.36. The molecule has 0 radical (unpaired) electrons. The van der Waals surface area contributed by atoms with Gasteiger partial charge in [0, 0.05) is 24.3 Å². The average Bonchev–Trinajstić information content (AvgIpc) is 2.88. The number of nitrogens with zero attached hydrogens (tertiary/aromatic N) is 1. The van der Waals surface area contributed by atoms with E-state index in [1.165, 1.54) is 12.8 Å². The maximum absolute atomic E-state index is 11.4. The van der Waals surface area contributed by atoms with Crippen molar-refractivity contribution in [3.8, 4) is 0 Å². The molecule has 2 fully saturated rings. The summed E-state index contributed by atoms with van der Waals surface area (Å²) in [7, 11) is 0. The lowest BCUT2D eigenvalue weighted by molar-refractivity contribution is -0.135. The fourth-order valence-corrected chi connectivity index (χ4v) is 2.34. The molecule has 1 saturated carbocycles. The highest BCUT2D eigenvalue weighted by atomic mass is 79.9. The topological polar surface area (TPSA) is 20.3 Å². The van der Waals surface area contributed by atoms with Gasteiger partial charge in [0.1, 0.15) is 0 Å². The molecule has 12 heavy (non-hydrogen) atoms. The molecule has 1 aliphatic carbocycles. The van der Waals surface area contributed by atoms with Gasteiger partial charge in [-0.1, -0.05) is 15.9 Å². The SMILES string of the molecule is O=C1CCC(CBr)CN1C1CC1. The molecule has 1 saturated heterocycles. The van der Waals surface area contributed by atoms with E-state index in [2.05, 4.69) is 20.8 Å². The Hall–Kier alpha value is -0.0500. The Morgan fingerprint density at radius 3 is 2.75 bits per heavy atom. The van der Waals surface area contributed by atoms with Crippen LogP contribution in [-0.4, -0.2) is 28.7 Å². The smallest absolute Gasteiger partial charge is 0.222 e. The van der Waals surface area contributed by atoms with E-state index in [0.29, 0.717) is 17.9 Å². The summed E-state index contributed by atoms with van der Waals surface area (Å²) in [6.07, 6.45) is 4.32. The molecule has 0 aromatic heterocycles. The monoisotopic (exact) mass is 231 g/mol. The van der Waals surface area contributed by atoms with Crippen LogP contribution < -0.4 is 0 Å². The number of alkyl halides is 1. The van der Waals surface area contributed by atoms with E-state index in [9.17, 15) is 4.79 Å². The van der Waals surface area contributed by atoms with Crippen molar-refractivity contribution in [1.29, 1.82) is 0 Å². The number of carbonyl (C=O) groups is 1. The number of hydrogen-bond donors (Lipinski definition) is 0. The second-order valence-electron chi connectivity index (χ2n) is 3.84. The minimum atomic E-state index is 0.384. The van der Waals surface area contributed by atoms with Crippen molar-refractivity contribution in [2.24, 2.45) is 5.92 Å². The fourth-order valence-electron chi connectivity index (χ4n) is 1.81. The second-order valence-corrected chi connectivity index (χ2v) is 4.48. The van der Waals surface area contributed by atoms with Gasteiger partial charge < -0.3 is 4.90 Å². The summed E-state index contributed by atoms with van der Waals surface area (Å²) in [4.78, 5) is 13.5. The normalized spacial score (nSPS) is 30.9. The zero-order valence-electron chi connectivity index (χ0n) is 7.13. The molecule has 0 spiro atoms. The highest BCUT2D eigenvalue weighted by Gasteiger charge is 2.36. The van der Waals surface area contributed by atoms with Gasteiger partial charge in [-0.3, -0.25) is 4.79 Å². The van der Waals surface area contributed by atoms with Gasteiger partial charge in [-0.15, -0.1) is 0 Å². The minimum absolute atomic E-state index is 0.384. The number of likely N-dealkylation sites (tertiary alicyclic amines) is 1. The van der Waals surface area contributed by atoms with Crippen LogP contribution >= 0.6 is 15.9 Å². The van der Waals surface area contributed by atoms with Crippen molar-refractivity contribution >= 4 is 21.8 Å². The summed E-state index contributed by atoms with van der Waals surface area (Å²) in [5.74, 6) is 1.08. The lowest BCUT2D eigenvalue weighted by Gasteiger charge is -2.31. The predicted molar refractivity (Wildman–Crippen MR) is 51.3 cm³/mol. The molecule has 2 aliphatic rings. The summed E-state index contributed by atoms with van der Waals surface area (Å²) >= 11 is 3.49. The minimum Gasteiger partial charge on any atom is -0.339 e. The van der Waals surface area contributed by atoms with Crippen LogP contribution in [0.25, 0.3) is 0 Å². The quantitative estimate of drug-likeness (QED) is 0.664. The molecule has 0 aromatic rings. The fraction of sp³-hybridized carbons (Fsp3) is 0.889. The van der Waals surface area contributed by atoms with Gasteiger partial charge in [-0.05, 0) is 25.2 Å². The van der Waals surface area contributed by atoms with Gasteiger partial charge in [0.25, 0.3) is 0 Å². The Morgan fingerprint density at radius 2 is 2.17 bits per heavy atom. The number of amides is 1. The van der Waals surface area contributed by atoms with Crippen LogP contribution in [0.5, 0.6) is 0 Å². The average molecular weight is 232 g/mol.